The number of carbonyl (C=O) groups is 2. The zero-order valence-electron chi connectivity index (χ0n) is 16.7. The van der Waals surface area contributed by atoms with Crippen molar-refractivity contribution in [2.75, 3.05) is 20.3 Å². The van der Waals surface area contributed by atoms with Crippen molar-refractivity contribution in [2.24, 2.45) is 0 Å². The van der Waals surface area contributed by atoms with Crippen LogP contribution in [-0.4, -0.2) is 53.7 Å². The lowest BCUT2D eigenvalue weighted by atomic mass is 9.95. The number of methoxy groups -OCH3 is 1. The molecular weight excluding hydrogens is 376 g/mol. The van der Waals surface area contributed by atoms with E-state index in [-0.39, 0.29) is 30.9 Å². The first-order valence-corrected chi connectivity index (χ1v) is 9.80. The minimum absolute atomic E-state index is 0.0921. The quantitative estimate of drug-likeness (QED) is 0.652. The summed E-state index contributed by atoms with van der Waals surface area (Å²) in [6.07, 6.45) is 5.57. The average molecular weight is 402 g/mol. The van der Waals surface area contributed by atoms with Gasteiger partial charge in [-0.3, -0.25) is 4.79 Å². The molecule has 9 nitrogen and oxygen atoms in total. The molecule has 1 aliphatic rings. The van der Waals surface area contributed by atoms with Gasteiger partial charge in [-0.15, -0.1) is 5.10 Å². The van der Waals surface area contributed by atoms with Gasteiger partial charge >= 0.3 is 5.97 Å². The second-order valence-corrected chi connectivity index (χ2v) is 6.80. The van der Waals surface area contributed by atoms with Crippen molar-refractivity contribution >= 4 is 11.9 Å². The van der Waals surface area contributed by atoms with Gasteiger partial charge in [0.1, 0.15) is 5.69 Å². The van der Waals surface area contributed by atoms with Crippen LogP contribution in [0.2, 0.25) is 0 Å². The number of hydrogen-bond donors (Lipinski definition) is 2. The van der Waals surface area contributed by atoms with Crippen LogP contribution in [0.4, 0.5) is 0 Å². The van der Waals surface area contributed by atoms with Crippen LogP contribution in [0.15, 0.2) is 18.2 Å². The molecule has 3 rings (SSSR count). The van der Waals surface area contributed by atoms with Gasteiger partial charge in [0, 0.05) is 11.6 Å². The van der Waals surface area contributed by atoms with Crippen LogP contribution < -0.4 is 14.8 Å². The first kappa shape index (κ1) is 20.6. The van der Waals surface area contributed by atoms with Crippen molar-refractivity contribution in [2.45, 2.75) is 45.1 Å². The number of aromatic amines is 1. The number of H-pyrrole nitrogens is 1. The van der Waals surface area contributed by atoms with E-state index in [1.165, 1.54) is 13.5 Å². The molecular formula is C20H26N4O5. The minimum Gasteiger partial charge on any atom is -0.493 e. The first-order valence-electron chi connectivity index (χ1n) is 9.80. The molecule has 29 heavy (non-hydrogen) atoms. The van der Waals surface area contributed by atoms with Gasteiger partial charge in [0.05, 0.1) is 13.7 Å². The molecule has 0 radical (unpaired) electrons. The highest BCUT2D eigenvalue weighted by atomic mass is 16.5. The molecule has 156 valence electrons. The highest BCUT2D eigenvalue weighted by Gasteiger charge is 2.21. The summed E-state index contributed by atoms with van der Waals surface area (Å²) in [7, 11) is 1.50. The SMILES string of the molecule is CCOC(=O)c1n[nH]nc1-c1ccc(OCC(=O)NC2CCCCC2)c(OC)c1. The van der Waals surface area contributed by atoms with Crippen molar-refractivity contribution < 1.29 is 23.8 Å². The van der Waals surface area contributed by atoms with E-state index in [1.807, 2.05) is 0 Å². The number of aromatic nitrogens is 3. The maximum atomic E-state index is 12.2. The predicted octanol–water partition coefficient (Wildman–Crippen LogP) is 2.48. The van der Waals surface area contributed by atoms with Crippen molar-refractivity contribution in [3.05, 3.63) is 23.9 Å². The van der Waals surface area contributed by atoms with Gasteiger partial charge in [0.2, 0.25) is 0 Å². The van der Waals surface area contributed by atoms with Crippen LogP contribution in [0.3, 0.4) is 0 Å². The molecule has 0 aliphatic heterocycles. The standard InChI is InChI=1S/C20H26N4O5/c1-3-28-20(26)19-18(22-24-23-19)13-9-10-15(16(11-13)27-2)29-12-17(25)21-14-7-5-4-6-8-14/h9-11,14H,3-8,12H2,1-2H3,(H,21,25)(H,22,23,24). The highest BCUT2D eigenvalue weighted by Crippen LogP contribution is 2.32. The van der Waals surface area contributed by atoms with Gasteiger partial charge in [-0.25, -0.2) is 4.79 Å². The van der Waals surface area contributed by atoms with Crippen LogP contribution >= 0.6 is 0 Å². The summed E-state index contributed by atoms with van der Waals surface area (Å²) in [5.74, 6) is 0.140. The van der Waals surface area contributed by atoms with Gasteiger partial charge in [-0.1, -0.05) is 19.3 Å². The van der Waals surface area contributed by atoms with Gasteiger partial charge in [-0.2, -0.15) is 10.3 Å². The number of nitrogens with one attached hydrogen (secondary N) is 2. The second-order valence-electron chi connectivity index (χ2n) is 6.80. The number of carbonyl (C=O) groups excluding carboxylic acids is 2. The molecule has 1 saturated carbocycles. The Labute approximate surface area is 169 Å². The topological polar surface area (TPSA) is 115 Å². The van der Waals surface area contributed by atoms with Gasteiger partial charge in [-0.05, 0) is 38.0 Å². The molecule has 0 spiro atoms. The Morgan fingerprint density at radius 1 is 1.17 bits per heavy atom. The molecule has 2 N–H and O–H groups in total. The smallest absolute Gasteiger partial charge is 0.361 e. The van der Waals surface area contributed by atoms with Crippen LogP contribution in [0.1, 0.15) is 49.5 Å². The number of hydrogen-bond acceptors (Lipinski definition) is 7. The zero-order valence-corrected chi connectivity index (χ0v) is 16.7. The van der Waals surface area contributed by atoms with Crippen molar-refractivity contribution in [3.63, 3.8) is 0 Å². The van der Waals surface area contributed by atoms with E-state index >= 15 is 0 Å². The number of benzene rings is 1. The summed E-state index contributed by atoms with van der Waals surface area (Å²) >= 11 is 0. The average Bonchev–Trinajstić information content (AvgIpc) is 3.23. The van der Waals surface area contributed by atoms with Crippen molar-refractivity contribution in [1.82, 2.24) is 20.7 Å². The van der Waals surface area contributed by atoms with Crippen molar-refractivity contribution in [1.29, 1.82) is 0 Å². The Kier molecular flexibility index (Phi) is 7.04. The van der Waals surface area contributed by atoms with Gasteiger partial charge in [0.25, 0.3) is 5.91 Å². The summed E-state index contributed by atoms with van der Waals surface area (Å²) in [5, 5.41) is 13.4. The second kappa shape index (κ2) is 9.90. The third-order valence-electron chi connectivity index (χ3n) is 4.78. The van der Waals surface area contributed by atoms with Crippen LogP contribution in [0, 0.1) is 0 Å². The summed E-state index contributed by atoms with van der Waals surface area (Å²) in [5.41, 5.74) is 1.05. The molecule has 9 heteroatoms. The van der Waals surface area contributed by atoms with E-state index in [4.69, 9.17) is 14.2 Å². The third-order valence-corrected chi connectivity index (χ3v) is 4.78. The number of ether oxygens (including phenoxy) is 3. The summed E-state index contributed by atoms with van der Waals surface area (Å²) in [6.45, 7) is 1.87. The number of rotatable bonds is 8. The Bertz CT molecular complexity index is 845. The molecule has 1 amide bonds. The predicted molar refractivity (Wildman–Crippen MR) is 105 cm³/mol. The lowest BCUT2D eigenvalue weighted by Crippen LogP contribution is -2.39. The first-order chi connectivity index (χ1) is 14.1. The largest absolute Gasteiger partial charge is 0.493 e. The third kappa shape index (κ3) is 5.24. The van der Waals surface area contributed by atoms with E-state index in [9.17, 15) is 9.59 Å². The fourth-order valence-corrected chi connectivity index (χ4v) is 3.37. The fourth-order valence-electron chi connectivity index (χ4n) is 3.37. The van der Waals surface area contributed by atoms with Crippen molar-refractivity contribution in [3.8, 4) is 22.8 Å². The maximum absolute atomic E-state index is 12.2. The number of amides is 1. The van der Waals surface area contributed by atoms with Crippen LogP contribution in [0.25, 0.3) is 11.3 Å². The van der Waals surface area contributed by atoms with Gasteiger partial charge < -0.3 is 19.5 Å². The zero-order chi connectivity index (χ0) is 20.6. The Morgan fingerprint density at radius 2 is 1.97 bits per heavy atom. The number of esters is 1. The Morgan fingerprint density at radius 3 is 2.69 bits per heavy atom. The van der Waals surface area contributed by atoms with E-state index in [0.29, 0.717) is 22.8 Å². The monoisotopic (exact) mass is 402 g/mol. The van der Waals surface area contributed by atoms with Gasteiger partial charge in [0.15, 0.2) is 23.8 Å². The minimum atomic E-state index is -0.560. The van der Waals surface area contributed by atoms with E-state index < -0.39 is 5.97 Å². The highest BCUT2D eigenvalue weighted by molar-refractivity contribution is 5.94. The fraction of sp³-hybridized carbons (Fsp3) is 0.500. The Balaban J connectivity index is 1.67. The van der Waals surface area contributed by atoms with Crippen LogP contribution in [-0.2, 0) is 9.53 Å². The normalized spacial score (nSPS) is 14.3. The number of nitrogens with zero attached hydrogens (tertiary/aromatic N) is 2. The molecule has 1 fully saturated rings. The molecule has 1 aliphatic carbocycles. The molecule has 0 unspecified atom stereocenters. The lowest BCUT2D eigenvalue weighted by molar-refractivity contribution is -0.124. The Hall–Kier alpha value is -3.10. The van der Waals surface area contributed by atoms with Crippen LogP contribution in [0.5, 0.6) is 11.5 Å². The van der Waals surface area contributed by atoms with E-state index in [1.54, 1.807) is 25.1 Å². The molecule has 0 atom stereocenters. The summed E-state index contributed by atoms with van der Waals surface area (Å²) < 4.78 is 16.0. The molecule has 0 saturated heterocycles. The molecule has 1 heterocycles. The molecule has 1 aromatic carbocycles. The van der Waals surface area contributed by atoms with E-state index in [2.05, 4.69) is 20.7 Å². The van der Waals surface area contributed by atoms with E-state index in [0.717, 1.165) is 25.7 Å². The molecule has 2 aromatic rings. The summed E-state index contributed by atoms with van der Waals surface area (Å²) in [4.78, 5) is 24.2. The maximum Gasteiger partial charge on any atom is 0.361 e. The molecule has 0 bridgehead atoms. The molecule has 1 aromatic heterocycles. The lowest BCUT2D eigenvalue weighted by Gasteiger charge is -2.22. The summed E-state index contributed by atoms with van der Waals surface area (Å²) in [6, 6.07) is 5.30.